The van der Waals surface area contributed by atoms with Crippen LogP contribution in [0.25, 0.3) is 0 Å². The summed E-state index contributed by atoms with van der Waals surface area (Å²) in [6, 6.07) is 10.6. The van der Waals surface area contributed by atoms with Gasteiger partial charge in [-0.2, -0.15) is 0 Å². The molecule has 0 radical (unpaired) electrons. The average Bonchev–Trinajstić information content (AvgIpc) is 3.25. The topological polar surface area (TPSA) is 49.4 Å². The Morgan fingerprint density at radius 3 is 2.32 bits per heavy atom. The number of halogens is 3. The van der Waals surface area contributed by atoms with Crippen molar-refractivity contribution >= 4 is 35.0 Å². The molecule has 0 bridgehead atoms. The van der Waals surface area contributed by atoms with E-state index < -0.39 is 6.04 Å². The van der Waals surface area contributed by atoms with E-state index >= 15 is 0 Å². The molecule has 2 aromatic carbocycles. The molecule has 1 N–H and O–H groups in total. The van der Waals surface area contributed by atoms with Gasteiger partial charge in [-0.15, -0.1) is 0 Å². The first-order valence-electron chi connectivity index (χ1n) is 10.7. The standard InChI is InChI=1S/C24H27Cl2FN2O2/c1-2-22(24(31)28-19-5-3-4-6-19)29(15-16-7-10-18(27)11-8-16)23(30)14-17-9-12-20(25)21(26)13-17/h7-13,19,22H,2-6,14-15H2,1H3,(H,28,31)/t22-/m1/s1. The molecule has 7 heteroatoms. The third kappa shape index (κ3) is 6.44. The highest BCUT2D eigenvalue weighted by Crippen LogP contribution is 2.24. The fourth-order valence-electron chi connectivity index (χ4n) is 4.00. The van der Waals surface area contributed by atoms with Crippen LogP contribution in [0.3, 0.4) is 0 Å². The lowest BCUT2D eigenvalue weighted by Crippen LogP contribution is -2.51. The molecular weight excluding hydrogens is 438 g/mol. The molecule has 1 aliphatic rings. The van der Waals surface area contributed by atoms with Crippen LogP contribution >= 0.6 is 23.2 Å². The second kappa shape index (κ2) is 11.0. The van der Waals surface area contributed by atoms with Crippen LogP contribution in [0.15, 0.2) is 42.5 Å². The molecule has 0 aromatic heterocycles. The van der Waals surface area contributed by atoms with E-state index in [0.717, 1.165) is 36.8 Å². The van der Waals surface area contributed by atoms with Crippen molar-refractivity contribution in [2.75, 3.05) is 0 Å². The lowest BCUT2D eigenvalue weighted by molar-refractivity contribution is -0.141. The summed E-state index contributed by atoms with van der Waals surface area (Å²) in [7, 11) is 0. The minimum Gasteiger partial charge on any atom is -0.352 e. The monoisotopic (exact) mass is 464 g/mol. The van der Waals surface area contributed by atoms with Crippen LogP contribution in [0.1, 0.15) is 50.2 Å². The van der Waals surface area contributed by atoms with Gasteiger partial charge in [-0.05, 0) is 54.7 Å². The summed E-state index contributed by atoms with van der Waals surface area (Å²) in [5.41, 5.74) is 1.48. The maximum atomic E-state index is 13.4. The van der Waals surface area contributed by atoms with Gasteiger partial charge in [0.1, 0.15) is 11.9 Å². The van der Waals surface area contributed by atoms with E-state index in [0.29, 0.717) is 16.5 Å². The second-order valence-corrected chi connectivity index (χ2v) is 8.80. The van der Waals surface area contributed by atoms with E-state index in [1.165, 1.54) is 12.1 Å². The first kappa shape index (κ1) is 23.6. The van der Waals surface area contributed by atoms with E-state index in [2.05, 4.69) is 5.32 Å². The first-order valence-corrected chi connectivity index (χ1v) is 11.4. The van der Waals surface area contributed by atoms with Gasteiger partial charge in [0.2, 0.25) is 11.8 Å². The molecule has 166 valence electrons. The van der Waals surface area contributed by atoms with Crippen LogP contribution in [0.2, 0.25) is 10.0 Å². The fraction of sp³-hybridized carbons (Fsp3) is 0.417. The van der Waals surface area contributed by atoms with Gasteiger partial charge in [-0.25, -0.2) is 4.39 Å². The second-order valence-electron chi connectivity index (χ2n) is 7.99. The molecule has 31 heavy (non-hydrogen) atoms. The van der Waals surface area contributed by atoms with Gasteiger partial charge in [-0.3, -0.25) is 9.59 Å². The minimum absolute atomic E-state index is 0.0886. The van der Waals surface area contributed by atoms with Crippen molar-refractivity contribution in [1.82, 2.24) is 10.2 Å². The maximum Gasteiger partial charge on any atom is 0.243 e. The molecule has 0 heterocycles. The molecule has 0 spiro atoms. The average molecular weight is 465 g/mol. The number of hydrogen-bond donors (Lipinski definition) is 1. The Bertz CT molecular complexity index is 914. The van der Waals surface area contributed by atoms with E-state index in [4.69, 9.17) is 23.2 Å². The lowest BCUT2D eigenvalue weighted by Gasteiger charge is -2.31. The largest absolute Gasteiger partial charge is 0.352 e. The van der Waals surface area contributed by atoms with Crippen molar-refractivity contribution in [1.29, 1.82) is 0 Å². The zero-order valence-corrected chi connectivity index (χ0v) is 19.1. The fourth-order valence-corrected chi connectivity index (χ4v) is 4.32. The zero-order valence-electron chi connectivity index (χ0n) is 17.5. The van der Waals surface area contributed by atoms with Crippen molar-refractivity contribution in [3.63, 3.8) is 0 Å². The molecule has 2 amide bonds. The molecule has 1 saturated carbocycles. The highest BCUT2D eigenvalue weighted by atomic mass is 35.5. The highest BCUT2D eigenvalue weighted by molar-refractivity contribution is 6.42. The smallest absolute Gasteiger partial charge is 0.243 e. The van der Waals surface area contributed by atoms with Gasteiger partial charge in [0, 0.05) is 12.6 Å². The number of nitrogens with zero attached hydrogens (tertiary/aromatic N) is 1. The molecule has 2 aromatic rings. The molecule has 0 saturated heterocycles. The SMILES string of the molecule is CC[C@H](C(=O)NC1CCCC1)N(Cc1ccc(F)cc1)C(=O)Cc1ccc(Cl)c(Cl)c1. The molecule has 3 rings (SSSR count). The summed E-state index contributed by atoms with van der Waals surface area (Å²) < 4.78 is 13.4. The summed E-state index contributed by atoms with van der Waals surface area (Å²) in [4.78, 5) is 28.0. The first-order chi connectivity index (χ1) is 14.9. The van der Waals surface area contributed by atoms with Gasteiger partial charge in [0.05, 0.1) is 16.5 Å². The third-order valence-corrected chi connectivity index (χ3v) is 6.43. The molecule has 0 unspecified atom stereocenters. The van der Waals surface area contributed by atoms with Crippen molar-refractivity contribution in [2.45, 2.75) is 64.1 Å². The number of hydrogen-bond acceptors (Lipinski definition) is 2. The predicted octanol–water partition coefficient (Wildman–Crippen LogP) is 5.54. The molecule has 1 fully saturated rings. The summed E-state index contributed by atoms with van der Waals surface area (Å²) in [5, 5.41) is 3.91. The molecular formula is C24H27Cl2FN2O2. The number of amides is 2. The number of carbonyl (C=O) groups is 2. The number of rotatable bonds is 8. The van der Waals surface area contributed by atoms with E-state index in [-0.39, 0.29) is 36.6 Å². The van der Waals surface area contributed by atoms with E-state index in [9.17, 15) is 14.0 Å². The summed E-state index contributed by atoms with van der Waals surface area (Å²) >= 11 is 12.1. The Hall–Kier alpha value is -2.11. The van der Waals surface area contributed by atoms with Crippen LogP contribution < -0.4 is 5.32 Å². The molecule has 4 nitrogen and oxygen atoms in total. The molecule has 1 atom stereocenters. The Balaban J connectivity index is 1.82. The van der Waals surface area contributed by atoms with Crippen LogP contribution in [0.4, 0.5) is 4.39 Å². The normalized spacial score (nSPS) is 15.0. The lowest BCUT2D eigenvalue weighted by atomic mass is 10.1. The number of carbonyl (C=O) groups excluding carboxylic acids is 2. The Labute approximate surface area is 192 Å². The number of nitrogens with one attached hydrogen (secondary N) is 1. The number of benzene rings is 2. The quantitative estimate of drug-likeness (QED) is 0.557. The van der Waals surface area contributed by atoms with Crippen molar-refractivity contribution in [3.05, 3.63) is 69.5 Å². The van der Waals surface area contributed by atoms with Crippen LogP contribution in [-0.4, -0.2) is 28.8 Å². The van der Waals surface area contributed by atoms with Gasteiger partial charge >= 0.3 is 0 Å². The van der Waals surface area contributed by atoms with Gasteiger partial charge < -0.3 is 10.2 Å². The van der Waals surface area contributed by atoms with Gasteiger partial charge in [0.25, 0.3) is 0 Å². The Kier molecular flexibility index (Phi) is 8.33. The predicted molar refractivity (Wildman–Crippen MR) is 122 cm³/mol. The van der Waals surface area contributed by atoms with E-state index in [1.54, 1.807) is 35.2 Å². The van der Waals surface area contributed by atoms with Crippen LogP contribution in [0, 0.1) is 5.82 Å². The Morgan fingerprint density at radius 1 is 1.06 bits per heavy atom. The van der Waals surface area contributed by atoms with Crippen molar-refractivity contribution in [2.24, 2.45) is 0 Å². The van der Waals surface area contributed by atoms with E-state index in [1.807, 2.05) is 6.92 Å². The zero-order chi connectivity index (χ0) is 22.4. The maximum absolute atomic E-state index is 13.4. The van der Waals surface area contributed by atoms with Gasteiger partial charge in [0.15, 0.2) is 0 Å². The van der Waals surface area contributed by atoms with Crippen molar-refractivity contribution < 1.29 is 14.0 Å². The summed E-state index contributed by atoms with van der Waals surface area (Å²) in [6.07, 6.45) is 4.72. The Morgan fingerprint density at radius 2 is 1.71 bits per heavy atom. The highest BCUT2D eigenvalue weighted by Gasteiger charge is 2.30. The van der Waals surface area contributed by atoms with Crippen LogP contribution in [0.5, 0.6) is 0 Å². The summed E-state index contributed by atoms with van der Waals surface area (Å²) in [5.74, 6) is -0.682. The minimum atomic E-state index is -0.610. The summed E-state index contributed by atoms with van der Waals surface area (Å²) in [6.45, 7) is 2.11. The van der Waals surface area contributed by atoms with Crippen LogP contribution in [-0.2, 0) is 22.6 Å². The third-order valence-electron chi connectivity index (χ3n) is 5.69. The molecule has 1 aliphatic carbocycles. The molecule has 0 aliphatic heterocycles. The van der Waals surface area contributed by atoms with Gasteiger partial charge in [-0.1, -0.05) is 61.2 Å². The van der Waals surface area contributed by atoms with Crippen molar-refractivity contribution in [3.8, 4) is 0 Å².